The highest BCUT2D eigenvalue weighted by atomic mass is 32.1. The van der Waals surface area contributed by atoms with Crippen LogP contribution in [0.4, 0.5) is 0 Å². The normalized spacial score (nSPS) is 22.9. The Morgan fingerprint density at radius 1 is 1.48 bits per heavy atom. The van der Waals surface area contributed by atoms with E-state index in [4.69, 9.17) is 0 Å². The van der Waals surface area contributed by atoms with E-state index in [0.29, 0.717) is 26.1 Å². The van der Waals surface area contributed by atoms with Gasteiger partial charge in [0.25, 0.3) is 5.91 Å². The molecule has 0 spiro atoms. The summed E-state index contributed by atoms with van der Waals surface area (Å²) in [4.78, 5) is 21.0. The van der Waals surface area contributed by atoms with Gasteiger partial charge in [0.15, 0.2) is 5.60 Å². The summed E-state index contributed by atoms with van der Waals surface area (Å²) < 4.78 is 0. The number of nitrogens with zero attached hydrogens (tertiary/aromatic N) is 3. The Labute approximate surface area is 143 Å². The van der Waals surface area contributed by atoms with Crippen LogP contribution < -0.4 is 0 Å². The van der Waals surface area contributed by atoms with Crippen molar-refractivity contribution in [2.75, 3.05) is 26.7 Å². The summed E-state index contributed by atoms with van der Waals surface area (Å²) in [5, 5.41) is 14.0. The average molecular weight is 340 g/mol. The van der Waals surface area contributed by atoms with Crippen LogP contribution >= 0.6 is 11.3 Å². The molecular formula is C17H29N3O2S. The van der Waals surface area contributed by atoms with Crippen molar-refractivity contribution >= 4 is 17.2 Å². The molecule has 1 amide bonds. The van der Waals surface area contributed by atoms with Crippen molar-refractivity contribution in [3.05, 3.63) is 16.1 Å². The Morgan fingerprint density at radius 3 is 2.74 bits per heavy atom. The molecule has 1 aromatic heterocycles. The third-order valence-electron chi connectivity index (χ3n) is 3.97. The molecule has 1 atom stereocenters. The molecular weight excluding hydrogens is 310 g/mol. The largest absolute Gasteiger partial charge is 0.379 e. The standard InChI is InChI=1S/C17H29N3O2S/c1-13-10-23-14(18-13)9-19(5)12-17(22)7-6-8-20(15(17)21)11-16(2,3)4/h10,22H,6-9,11-12H2,1-5H3/t17-/m0/s1. The Kier molecular flexibility index (Phi) is 5.48. The number of amides is 1. The Morgan fingerprint density at radius 2 is 2.17 bits per heavy atom. The number of thiazole rings is 1. The molecule has 0 unspecified atom stereocenters. The van der Waals surface area contributed by atoms with E-state index >= 15 is 0 Å². The summed E-state index contributed by atoms with van der Waals surface area (Å²) in [5.74, 6) is -0.124. The molecule has 0 bridgehead atoms. The number of aromatic nitrogens is 1. The van der Waals surface area contributed by atoms with Crippen molar-refractivity contribution in [3.8, 4) is 0 Å². The smallest absolute Gasteiger partial charge is 0.255 e. The lowest BCUT2D eigenvalue weighted by Gasteiger charge is -2.42. The van der Waals surface area contributed by atoms with E-state index in [1.807, 2.05) is 29.2 Å². The second-order valence-corrected chi connectivity index (χ2v) is 8.92. The van der Waals surface area contributed by atoms with E-state index < -0.39 is 5.60 Å². The van der Waals surface area contributed by atoms with Crippen molar-refractivity contribution in [3.63, 3.8) is 0 Å². The van der Waals surface area contributed by atoms with Crippen LogP contribution in [0, 0.1) is 12.3 Å². The quantitative estimate of drug-likeness (QED) is 0.894. The van der Waals surface area contributed by atoms with Crippen molar-refractivity contribution in [2.45, 2.75) is 52.7 Å². The van der Waals surface area contributed by atoms with E-state index in [0.717, 1.165) is 23.7 Å². The molecule has 1 saturated heterocycles. The molecule has 2 heterocycles. The van der Waals surface area contributed by atoms with Gasteiger partial charge in [-0.15, -0.1) is 11.3 Å². The SMILES string of the molecule is Cc1csc(CN(C)C[C@@]2(O)CCCN(CC(C)(C)C)C2=O)n1. The monoisotopic (exact) mass is 339 g/mol. The number of hydrogen-bond acceptors (Lipinski definition) is 5. The summed E-state index contributed by atoms with van der Waals surface area (Å²) in [6, 6.07) is 0. The minimum atomic E-state index is -1.27. The van der Waals surface area contributed by atoms with Crippen LogP contribution in [0.15, 0.2) is 5.38 Å². The first-order chi connectivity index (χ1) is 10.6. The first-order valence-corrected chi connectivity index (χ1v) is 9.08. The zero-order chi connectivity index (χ0) is 17.3. The van der Waals surface area contributed by atoms with Crippen molar-refractivity contribution < 1.29 is 9.90 Å². The molecule has 6 heteroatoms. The van der Waals surface area contributed by atoms with Gasteiger partial charge in [-0.25, -0.2) is 4.98 Å². The van der Waals surface area contributed by atoms with Gasteiger partial charge in [-0.1, -0.05) is 20.8 Å². The number of likely N-dealkylation sites (tertiary alicyclic amines) is 1. The van der Waals surface area contributed by atoms with Crippen LogP contribution in [-0.2, 0) is 11.3 Å². The predicted octanol–water partition coefficient (Wildman–Crippen LogP) is 2.28. The molecule has 0 aromatic carbocycles. The van der Waals surface area contributed by atoms with Crippen LogP contribution in [0.3, 0.4) is 0 Å². The van der Waals surface area contributed by atoms with Gasteiger partial charge >= 0.3 is 0 Å². The van der Waals surface area contributed by atoms with Crippen LogP contribution in [0.25, 0.3) is 0 Å². The average Bonchev–Trinajstić information content (AvgIpc) is 2.79. The van der Waals surface area contributed by atoms with Gasteiger partial charge in [0.2, 0.25) is 0 Å². The zero-order valence-electron chi connectivity index (χ0n) is 14.9. The van der Waals surface area contributed by atoms with Crippen LogP contribution in [-0.4, -0.2) is 58.1 Å². The fourth-order valence-corrected chi connectivity index (χ4v) is 3.99. The van der Waals surface area contributed by atoms with Gasteiger partial charge < -0.3 is 10.0 Å². The number of likely N-dealkylation sites (N-methyl/N-ethyl adjacent to an activating group) is 1. The Hall–Kier alpha value is -0.980. The molecule has 5 nitrogen and oxygen atoms in total. The summed E-state index contributed by atoms with van der Waals surface area (Å²) in [7, 11) is 1.94. The number of piperidine rings is 1. The lowest BCUT2D eigenvalue weighted by atomic mass is 9.88. The molecule has 1 N–H and O–H groups in total. The molecule has 2 rings (SSSR count). The van der Waals surface area contributed by atoms with Crippen LogP contribution in [0.1, 0.15) is 44.3 Å². The van der Waals surface area contributed by atoms with E-state index in [1.165, 1.54) is 0 Å². The van der Waals surface area contributed by atoms with Crippen molar-refractivity contribution in [2.24, 2.45) is 5.41 Å². The van der Waals surface area contributed by atoms with Crippen LogP contribution in [0.5, 0.6) is 0 Å². The number of carbonyl (C=O) groups is 1. The van der Waals surface area contributed by atoms with Crippen LogP contribution in [0.2, 0.25) is 0 Å². The Balaban J connectivity index is 2.00. The first-order valence-electron chi connectivity index (χ1n) is 8.20. The van der Waals surface area contributed by atoms with Gasteiger partial charge in [0.05, 0.1) is 6.54 Å². The summed E-state index contributed by atoms with van der Waals surface area (Å²) in [6.07, 6.45) is 1.39. The number of aliphatic hydroxyl groups is 1. The fourth-order valence-electron chi connectivity index (χ4n) is 3.14. The van der Waals surface area contributed by atoms with Gasteiger partial charge in [-0.2, -0.15) is 0 Å². The highest BCUT2D eigenvalue weighted by Gasteiger charge is 2.43. The highest BCUT2D eigenvalue weighted by Crippen LogP contribution is 2.27. The first kappa shape index (κ1) is 18.4. The molecule has 0 aliphatic carbocycles. The predicted molar refractivity (Wildman–Crippen MR) is 93.4 cm³/mol. The summed E-state index contributed by atoms with van der Waals surface area (Å²) in [5.41, 5.74) is -0.217. The molecule has 23 heavy (non-hydrogen) atoms. The van der Waals surface area contributed by atoms with E-state index in [1.54, 1.807) is 11.3 Å². The molecule has 0 radical (unpaired) electrons. The minimum absolute atomic E-state index is 0.0399. The van der Waals surface area contributed by atoms with Crippen molar-refractivity contribution in [1.82, 2.24) is 14.8 Å². The zero-order valence-corrected chi connectivity index (χ0v) is 15.7. The number of carbonyl (C=O) groups excluding carboxylic acids is 1. The van der Waals surface area contributed by atoms with E-state index in [-0.39, 0.29) is 11.3 Å². The minimum Gasteiger partial charge on any atom is -0.379 e. The molecule has 0 saturated carbocycles. The second kappa shape index (κ2) is 6.87. The maximum absolute atomic E-state index is 12.8. The third kappa shape index (κ3) is 4.99. The maximum atomic E-state index is 12.8. The summed E-state index contributed by atoms with van der Waals surface area (Å²) >= 11 is 1.62. The van der Waals surface area contributed by atoms with E-state index in [2.05, 4.69) is 25.8 Å². The highest BCUT2D eigenvalue weighted by molar-refractivity contribution is 7.09. The molecule has 130 valence electrons. The van der Waals surface area contributed by atoms with Gasteiger partial charge in [-0.05, 0) is 32.2 Å². The third-order valence-corrected chi connectivity index (χ3v) is 4.92. The topological polar surface area (TPSA) is 56.7 Å². The number of rotatable bonds is 5. The maximum Gasteiger partial charge on any atom is 0.255 e. The molecule has 1 aliphatic rings. The molecule has 1 aliphatic heterocycles. The van der Waals surface area contributed by atoms with Gasteiger partial charge in [-0.3, -0.25) is 9.69 Å². The Bertz CT molecular complexity index is 552. The lowest BCUT2D eigenvalue weighted by Crippen LogP contribution is -2.59. The fraction of sp³-hybridized carbons (Fsp3) is 0.765. The lowest BCUT2D eigenvalue weighted by molar-refractivity contribution is -0.160. The van der Waals surface area contributed by atoms with Gasteiger partial charge in [0.1, 0.15) is 5.01 Å². The van der Waals surface area contributed by atoms with Crippen molar-refractivity contribution in [1.29, 1.82) is 0 Å². The number of hydrogen-bond donors (Lipinski definition) is 1. The van der Waals surface area contributed by atoms with Gasteiger partial charge in [0, 0.05) is 30.7 Å². The second-order valence-electron chi connectivity index (χ2n) is 7.98. The van der Waals surface area contributed by atoms with E-state index in [9.17, 15) is 9.90 Å². The molecule has 1 aromatic rings. The number of aryl methyl sites for hydroxylation is 1. The molecule has 1 fully saturated rings. The summed E-state index contributed by atoms with van der Waals surface area (Å²) in [6.45, 7) is 10.8.